The van der Waals surface area contributed by atoms with Gasteiger partial charge in [-0.1, -0.05) is 33.1 Å². The maximum Gasteiger partial charge on any atom is 0.0558 e. The number of aliphatic hydroxyl groups is 1. The van der Waals surface area contributed by atoms with Gasteiger partial charge in [-0.05, 0) is 18.8 Å². The molecule has 0 saturated heterocycles. The second-order valence-corrected chi connectivity index (χ2v) is 4.67. The van der Waals surface area contributed by atoms with E-state index >= 15 is 0 Å². The fourth-order valence-corrected chi connectivity index (χ4v) is 2.35. The summed E-state index contributed by atoms with van der Waals surface area (Å²) in [5.74, 6) is 0.766. The molecule has 2 heteroatoms. The Kier molecular flexibility index (Phi) is 5.49. The molecule has 1 fully saturated rings. The van der Waals surface area contributed by atoms with E-state index in [4.69, 9.17) is 5.11 Å². The molecule has 0 aromatic rings. The lowest BCUT2D eigenvalue weighted by atomic mass is 10.1. The Balaban J connectivity index is 2.36. The highest BCUT2D eigenvalue weighted by Gasteiger charge is 2.22. The van der Waals surface area contributed by atoms with Gasteiger partial charge in [-0.25, -0.2) is 0 Å². The highest BCUT2D eigenvalue weighted by atomic mass is 16.3. The molecule has 84 valence electrons. The van der Waals surface area contributed by atoms with Crippen LogP contribution in [-0.2, 0) is 0 Å². The molecular formula is C12H25NO. The smallest absolute Gasteiger partial charge is 0.0558 e. The van der Waals surface area contributed by atoms with Crippen LogP contribution < -0.4 is 0 Å². The van der Waals surface area contributed by atoms with E-state index in [1.165, 1.54) is 38.6 Å². The summed E-state index contributed by atoms with van der Waals surface area (Å²) in [6, 6.07) is 0.760. The predicted molar refractivity (Wildman–Crippen MR) is 60.4 cm³/mol. The van der Waals surface area contributed by atoms with E-state index in [0.29, 0.717) is 6.61 Å². The normalized spacial score (nSPS) is 20.6. The first-order valence-electron chi connectivity index (χ1n) is 6.12. The quantitative estimate of drug-likeness (QED) is 0.709. The van der Waals surface area contributed by atoms with Crippen molar-refractivity contribution < 1.29 is 5.11 Å². The number of hydrogen-bond acceptors (Lipinski definition) is 2. The molecule has 1 N–H and O–H groups in total. The summed E-state index contributed by atoms with van der Waals surface area (Å²) < 4.78 is 0. The molecule has 0 radical (unpaired) electrons. The lowest BCUT2D eigenvalue weighted by Crippen LogP contribution is -2.38. The van der Waals surface area contributed by atoms with Crippen LogP contribution in [0, 0.1) is 5.92 Å². The Bertz CT molecular complexity index is 143. The minimum absolute atomic E-state index is 0.312. The minimum Gasteiger partial charge on any atom is -0.395 e. The maximum atomic E-state index is 9.04. The van der Waals surface area contributed by atoms with Gasteiger partial charge < -0.3 is 5.11 Å². The molecule has 0 heterocycles. The summed E-state index contributed by atoms with van der Waals surface area (Å²) in [4.78, 5) is 2.50. The molecule has 0 aromatic heterocycles. The van der Waals surface area contributed by atoms with Gasteiger partial charge in [0.15, 0.2) is 0 Å². The van der Waals surface area contributed by atoms with Gasteiger partial charge >= 0.3 is 0 Å². The van der Waals surface area contributed by atoms with Crippen molar-refractivity contribution in [3.05, 3.63) is 0 Å². The molecule has 2 nitrogen and oxygen atoms in total. The van der Waals surface area contributed by atoms with Gasteiger partial charge in [-0.15, -0.1) is 0 Å². The van der Waals surface area contributed by atoms with E-state index in [1.807, 2.05) is 0 Å². The van der Waals surface area contributed by atoms with Crippen LogP contribution in [0.2, 0.25) is 0 Å². The fraction of sp³-hybridized carbons (Fsp3) is 1.00. The maximum absolute atomic E-state index is 9.04. The predicted octanol–water partition coefficient (Wildman–Crippen LogP) is 2.27. The summed E-state index contributed by atoms with van der Waals surface area (Å²) in [5, 5.41) is 9.04. The Morgan fingerprint density at radius 3 is 2.50 bits per heavy atom. The van der Waals surface area contributed by atoms with Crippen molar-refractivity contribution in [1.29, 1.82) is 0 Å². The molecule has 1 rings (SSSR count). The third kappa shape index (κ3) is 3.58. The molecule has 14 heavy (non-hydrogen) atoms. The van der Waals surface area contributed by atoms with Crippen molar-refractivity contribution in [2.24, 2.45) is 5.92 Å². The third-order valence-corrected chi connectivity index (χ3v) is 3.47. The van der Waals surface area contributed by atoms with Gasteiger partial charge in [0, 0.05) is 19.1 Å². The second-order valence-electron chi connectivity index (χ2n) is 4.67. The molecule has 1 saturated carbocycles. The highest BCUT2D eigenvalue weighted by molar-refractivity contribution is 4.78. The molecule has 1 aliphatic rings. The summed E-state index contributed by atoms with van der Waals surface area (Å²) >= 11 is 0. The fourth-order valence-electron chi connectivity index (χ4n) is 2.35. The highest BCUT2D eigenvalue weighted by Crippen LogP contribution is 2.24. The van der Waals surface area contributed by atoms with Crippen LogP contribution in [0.3, 0.4) is 0 Å². The number of nitrogens with zero attached hydrogens (tertiary/aromatic N) is 1. The lowest BCUT2D eigenvalue weighted by Gasteiger charge is -2.30. The van der Waals surface area contributed by atoms with Crippen molar-refractivity contribution in [2.45, 2.75) is 52.0 Å². The lowest BCUT2D eigenvalue weighted by molar-refractivity contribution is 0.133. The SMILES string of the molecule is CCC(C)CN(CCO)C1CCCC1. The minimum atomic E-state index is 0.312. The number of rotatable bonds is 6. The molecule has 0 amide bonds. The van der Waals surface area contributed by atoms with Crippen LogP contribution in [0.4, 0.5) is 0 Å². The average molecular weight is 199 g/mol. The monoisotopic (exact) mass is 199 g/mol. The van der Waals surface area contributed by atoms with E-state index in [9.17, 15) is 0 Å². The van der Waals surface area contributed by atoms with Crippen molar-refractivity contribution in [3.63, 3.8) is 0 Å². The first-order chi connectivity index (χ1) is 6.77. The first kappa shape index (κ1) is 12.0. The standard InChI is InChI=1S/C12H25NO/c1-3-11(2)10-13(8-9-14)12-6-4-5-7-12/h11-12,14H,3-10H2,1-2H3. The number of hydrogen-bond donors (Lipinski definition) is 1. The van der Waals surface area contributed by atoms with Gasteiger partial charge in [0.05, 0.1) is 6.61 Å². The number of aliphatic hydroxyl groups excluding tert-OH is 1. The van der Waals surface area contributed by atoms with E-state index in [-0.39, 0.29) is 0 Å². The van der Waals surface area contributed by atoms with E-state index in [0.717, 1.165) is 18.5 Å². The third-order valence-electron chi connectivity index (χ3n) is 3.47. The van der Waals surface area contributed by atoms with Crippen LogP contribution in [0.5, 0.6) is 0 Å². The van der Waals surface area contributed by atoms with E-state index < -0.39 is 0 Å². The zero-order valence-electron chi connectivity index (χ0n) is 9.71. The molecule has 0 aromatic carbocycles. The summed E-state index contributed by atoms with van der Waals surface area (Å²) in [5.41, 5.74) is 0. The largest absolute Gasteiger partial charge is 0.395 e. The van der Waals surface area contributed by atoms with Gasteiger partial charge in [0.2, 0.25) is 0 Å². The van der Waals surface area contributed by atoms with Crippen molar-refractivity contribution in [3.8, 4) is 0 Å². The molecule has 1 aliphatic carbocycles. The molecular weight excluding hydrogens is 174 g/mol. The molecule has 1 unspecified atom stereocenters. The van der Waals surface area contributed by atoms with Crippen LogP contribution >= 0.6 is 0 Å². The van der Waals surface area contributed by atoms with Crippen LogP contribution in [-0.4, -0.2) is 35.7 Å². The van der Waals surface area contributed by atoms with Crippen LogP contribution in [0.25, 0.3) is 0 Å². The van der Waals surface area contributed by atoms with Crippen LogP contribution in [0.15, 0.2) is 0 Å². The van der Waals surface area contributed by atoms with Gasteiger partial charge in [-0.2, -0.15) is 0 Å². The van der Waals surface area contributed by atoms with Crippen molar-refractivity contribution >= 4 is 0 Å². The van der Waals surface area contributed by atoms with Crippen LogP contribution in [0.1, 0.15) is 46.0 Å². The average Bonchev–Trinajstić information content (AvgIpc) is 2.69. The molecule has 0 aliphatic heterocycles. The zero-order valence-corrected chi connectivity index (χ0v) is 9.71. The summed E-state index contributed by atoms with van der Waals surface area (Å²) in [7, 11) is 0. The van der Waals surface area contributed by atoms with Crippen molar-refractivity contribution in [1.82, 2.24) is 4.90 Å². The summed E-state index contributed by atoms with van der Waals surface area (Å²) in [6.45, 7) is 6.90. The Hall–Kier alpha value is -0.0800. The van der Waals surface area contributed by atoms with Gasteiger partial charge in [0.25, 0.3) is 0 Å². The molecule has 0 bridgehead atoms. The molecule has 0 spiro atoms. The zero-order chi connectivity index (χ0) is 10.4. The summed E-state index contributed by atoms with van der Waals surface area (Å²) in [6.07, 6.45) is 6.70. The Labute approximate surface area is 88.3 Å². The Morgan fingerprint density at radius 2 is 2.00 bits per heavy atom. The molecule has 1 atom stereocenters. The van der Waals surface area contributed by atoms with Crippen molar-refractivity contribution in [2.75, 3.05) is 19.7 Å². The topological polar surface area (TPSA) is 23.5 Å². The van der Waals surface area contributed by atoms with E-state index in [2.05, 4.69) is 18.7 Å². The first-order valence-corrected chi connectivity index (χ1v) is 6.12. The van der Waals surface area contributed by atoms with Gasteiger partial charge in [-0.3, -0.25) is 4.90 Å². The second kappa shape index (κ2) is 6.41. The van der Waals surface area contributed by atoms with E-state index in [1.54, 1.807) is 0 Å². The van der Waals surface area contributed by atoms with Gasteiger partial charge in [0.1, 0.15) is 0 Å². The Morgan fingerprint density at radius 1 is 1.36 bits per heavy atom.